The zero-order chi connectivity index (χ0) is 13.2. The van der Waals surface area contributed by atoms with Crippen LogP contribution < -0.4 is 4.90 Å². The van der Waals surface area contributed by atoms with Crippen molar-refractivity contribution in [2.75, 3.05) is 18.0 Å². The van der Waals surface area contributed by atoms with Crippen molar-refractivity contribution in [2.45, 2.75) is 32.8 Å². The van der Waals surface area contributed by atoms with Crippen LogP contribution in [0.5, 0.6) is 0 Å². The van der Waals surface area contributed by atoms with Crippen LogP contribution in [-0.2, 0) is 0 Å². The normalized spacial score (nSPS) is 23.2. The fourth-order valence-corrected chi connectivity index (χ4v) is 2.56. The Morgan fingerprint density at radius 1 is 1.56 bits per heavy atom. The van der Waals surface area contributed by atoms with Gasteiger partial charge in [0, 0.05) is 19.3 Å². The van der Waals surface area contributed by atoms with E-state index in [-0.39, 0.29) is 11.5 Å². The van der Waals surface area contributed by atoms with E-state index in [9.17, 15) is 5.11 Å². The summed E-state index contributed by atoms with van der Waals surface area (Å²) in [7, 11) is 0. The molecule has 2 heterocycles. The summed E-state index contributed by atoms with van der Waals surface area (Å²) in [5, 5.41) is 18.8. The van der Waals surface area contributed by atoms with E-state index in [0.717, 1.165) is 31.7 Å². The van der Waals surface area contributed by atoms with Gasteiger partial charge < -0.3 is 10.0 Å². The Bertz CT molecular complexity index is 464. The van der Waals surface area contributed by atoms with Crippen molar-refractivity contribution < 1.29 is 5.11 Å². The average Bonchev–Trinajstić information content (AvgIpc) is 2.47. The van der Waals surface area contributed by atoms with Gasteiger partial charge in [0.05, 0.1) is 17.7 Å². The Hall–Kier alpha value is -1.60. The van der Waals surface area contributed by atoms with E-state index in [4.69, 9.17) is 5.26 Å². The molecule has 4 heteroatoms. The van der Waals surface area contributed by atoms with E-state index >= 15 is 0 Å². The Morgan fingerprint density at radius 3 is 3.06 bits per heavy atom. The van der Waals surface area contributed by atoms with Crippen LogP contribution >= 0.6 is 0 Å². The topological polar surface area (TPSA) is 60.1 Å². The van der Waals surface area contributed by atoms with Crippen molar-refractivity contribution in [3.63, 3.8) is 0 Å². The molecule has 18 heavy (non-hydrogen) atoms. The average molecular weight is 245 g/mol. The highest BCUT2D eigenvalue weighted by Crippen LogP contribution is 2.30. The number of nitriles is 1. The van der Waals surface area contributed by atoms with E-state index in [0.29, 0.717) is 5.56 Å². The lowest BCUT2D eigenvalue weighted by Crippen LogP contribution is -2.33. The molecular weight excluding hydrogens is 226 g/mol. The van der Waals surface area contributed by atoms with E-state index in [1.165, 1.54) is 0 Å². The highest BCUT2D eigenvalue weighted by molar-refractivity contribution is 5.45. The van der Waals surface area contributed by atoms with Crippen LogP contribution in [0, 0.1) is 16.7 Å². The second kappa shape index (κ2) is 4.95. The first-order valence-corrected chi connectivity index (χ1v) is 6.29. The molecule has 1 N–H and O–H groups in total. The summed E-state index contributed by atoms with van der Waals surface area (Å²) < 4.78 is 0. The molecule has 0 bridgehead atoms. The van der Waals surface area contributed by atoms with Gasteiger partial charge in [-0.2, -0.15) is 5.26 Å². The van der Waals surface area contributed by atoms with Gasteiger partial charge in [-0.1, -0.05) is 13.8 Å². The summed E-state index contributed by atoms with van der Waals surface area (Å²) in [6.07, 6.45) is 2.98. The summed E-state index contributed by atoms with van der Waals surface area (Å²) in [6, 6.07) is 5.66. The summed E-state index contributed by atoms with van der Waals surface area (Å²) in [4.78, 5) is 6.50. The third kappa shape index (κ3) is 2.99. The molecule has 4 nitrogen and oxygen atoms in total. The third-order valence-electron chi connectivity index (χ3n) is 3.34. The Morgan fingerprint density at radius 2 is 2.33 bits per heavy atom. The minimum Gasteiger partial charge on any atom is -0.393 e. The molecule has 0 radical (unpaired) electrons. The molecule has 1 atom stereocenters. The maximum Gasteiger partial charge on any atom is 0.129 e. The van der Waals surface area contributed by atoms with Crippen LogP contribution in [0.3, 0.4) is 0 Å². The minimum absolute atomic E-state index is 0.0558. The minimum atomic E-state index is -0.246. The third-order valence-corrected chi connectivity index (χ3v) is 3.34. The molecule has 1 aromatic rings. The number of anilines is 1. The van der Waals surface area contributed by atoms with E-state index < -0.39 is 0 Å². The summed E-state index contributed by atoms with van der Waals surface area (Å²) >= 11 is 0. The van der Waals surface area contributed by atoms with Crippen molar-refractivity contribution in [1.82, 2.24) is 4.98 Å². The molecule has 1 fully saturated rings. The molecule has 0 aliphatic carbocycles. The number of aliphatic hydroxyl groups is 1. The zero-order valence-electron chi connectivity index (χ0n) is 10.9. The number of nitrogens with zero attached hydrogens (tertiary/aromatic N) is 3. The summed E-state index contributed by atoms with van der Waals surface area (Å²) in [5.74, 6) is 0.830. The lowest BCUT2D eigenvalue weighted by molar-refractivity contribution is 0.123. The van der Waals surface area contributed by atoms with Crippen molar-refractivity contribution >= 4 is 5.82 Å². The van der Waals surface area contributed by atoms with E-state index in [1.54, 1.807) is 12.3 Å². The largest absolute Gasteiger partial charge is 0.393 e. The van der Waals surface area contributed by atoms with Crippen LogP contribution in [0.1, 0.15) is 32.3 Å². The van der Waals surface area contributed by atoms with Crippen LogP contribution in [-0.4, -0.2) is 29.3 Å². The maximum absolute atomic E-state index is 9.89. The molecule has 0 aromatic carbocycles. The molecule has 1 aromatic heterocycles. The predicted octanol–water partition coefficient (Wildman–Crippen LogP) is 1.94. The molecular formula is C14H19N3O. The van der Waals surface area contributed by atoms with Crippen LogP contribution in [0.4, 0.5) is 5.82 Å². The quantitative estimate of drug-likeness (QED) is 0.821. The summed E-state index contributed by atoms with van der Waals surface area (Å²) in [6.45, 7) is 5.95. The van der Waals surface area contributed by atoms with Crippen molar-refractivity contribution in [2.24, 2.45) is 5.41 Å². The standard InChI is InChI=1S/C14H19N3O/c1-14(2)8-12(18)4-6-17(10-14)13-7-11(9-15)3-5-16-13/h3,5,7,12,18H,4,6,8,10H2,1-2H3/t12-/m0/s1. The summed E-state index contributed by atoms with van der Waals surface area (Å²) in [5.41, 5.74) is 0.683. The van der Waals surface area contributed by atoms with Gasteiger partial charge in [0.15, 0.2) is 0 Å². The van der Waals surface area contributed by atoms with E-state index in [1.807, 2.05) is 6.07 Å². The number of aliphatic hydroxyl groups excluding tert-OH is 1. The lowest BCUT2D eigenvalue weighted by Gasteiger charge is -2.30. The molecule has 1 saturated heterocycles. The molecule has 0 amide bonds. The van der Waals surface area contributed by atoms with Gasteiger partial charge in [0.1, 0.15) is 5.82 Å². The van der Waals surface area contributed by atoms with Gasteiger partial charge in [-0.15, -0.1) is 0 Å². The molecule has 1 aliphatic heterocycles. The first-order valence-electron chi connectivity index (χ1n) is 6.29. The second-order valence-electron chi connectivity index (χ2n) is 5.75. The molecule has 0 unspecified atom stereocenters. The first-order chi connectivity index (χ1) is 8.50. The number of rotatable bonds is 1. The van der Waals surface area contributed by atoms with Gasteiger partial charge >= 0.3 is 0 Å². The number of hydrogen-bond acceptors (Lipinski definition) is 4. The lowest BCUT2D eigenvalue weighted by atomic mass is 9.87. The molecule has 0 saturated carbocycles. The molecule has 2 rings (SSSR count). The molecule has 1 aliphatic rings. The SMILES string of the molecule is CC1(C)C[C@@H](O)CCN(c2cc(C#N)ccn2)C1. The fourth-order valence-electron chi connectivity index (χ4n) is 2.56. The zero-order valence-corrected chi connectivity index (χ0v) is 10.9. The van der Waals surface area contributed by atoms with Gasteiger partial charge in [0.2, 0.25) is 0 Å². The molecule has 96 valence electrons. The number of aromatic nitrogens is 1. The fraction of sp³-hybridized carbons (Fsp3) is 0.571. The Labute approximate surface area is 108 Å². The van der Waals surface area contributed by atoms with Crippen LogP contribution in [0.15, 0.2) is 18.3 Å². The predicted molar refractivity (Wildman–Crippen MR) is 70.2 cm³/mol. The van der Waals surface area contributed by atoms with Gasteiger partial charge in [-0.3, -0.25) is 0 Å². The highest BCUT2D eigenvalue weighted by atomic mass is 16.3. The number of pyridine rings is 1. The van der Waals surface area contributed by atoms with E-state index in [2.05, 4.69) is 29.8 Å². The van der Waals surface area contributed by atoms with Crippen molar-refractivity contribution in [3.05, 3.63) is 23.9 Å². The smallest absolute Gasteiger partial charge is 0.129 e. The van der Waals surface area contributed by atoms with Crippen molar-refractivity contribution in [3.8, 4) is 6.07 Å². The Balaban J connectivity index is 2.24. The van der Waals surface area contributed by atoms with Gasteiger partial charge in [-0.25, -0.2) is 4.98 Å². The van der Waals surface area contributed by atoms with Gasteiger partial charge in [0.25, 0.3) is 0 Å². The monoisotopic (exact) mass is 245 g/mol. The van der Waals surface area contributed by atoms with Crippen molar-refractivity contribution in [1.29, 1.82) is 5.26 Å². The Kier molecular flexibility index (Phi) is 3.53. The van der Waals surface area contributed by atoms with Gasteiger partial charge in [-0.05, 0) is 30.4 Å². The maximum atomic E-state index is 9.89. The molecule has 0 spiro atoms. The van der Waals surface area contributed by atoms with Crippen LogP contribution in [0.25, 0.3) is 0 Å². The van der Waals surface area contributed by atoms with Crippen LogP contribution in [0.2, 0.25) is 0 Å². The first kappa shape index (κ1) is 12.8. The highest BCUT2D eigenvalue weighted by Gasteiger charge is 2.29. The number of hydrogen-bond donors (Lipinski definition) is 1. The second-order valence-corrected chi connectivity index (χ2v) is 5.75.